The molecule has 2 rings (SSSR count). The third kappa shape index (κ3) is 5.83. The van der Waals surface area contributed by atoms with Crippen LogP contribution < -0.4 is 10.6 Å². The molecule has 0 aromatic heterocycles. The Morgan fingerprint density at radius 3 is 2.71 bits per heavy atom. The summed E-state index contributed by atoms with van der Waals surface area (Å²) >= 11 is 0. The van der Waals surface area contributed by atoms with Crippen molar-refractivity contribution < 1.29 is 9.90 Å². The highest BCUT2D eigenvalue weighted by Gasteiger charge is 2.29. The fourth-order valence-corrected chi connectivity index (χ4v) is 3.51. The molecule has 2 amide bonds. The summed E-state index contributed by atoms with van der Waals surface area (Å²) in [5.74, 6) is 0.771. The molecule has 0 spiro atoms. The van der Waals surface area contributed by atoms with Gasteiger partial charge in [0.05, 0.1) is 5.60 Å². The van der Waals surface area contributed by atoms with Crippen LogP contribution in [0.1, 0.15) is 51.9 Å². The molecule has 2 aliphatic rings. The number of amides is 2. The van der Waals surface area contributed by atoms with Crippen molar-refractivity contribution in [3.05, 3.63) is 0 Å². The van der Waals surface area contributed by atoms with Crippen LogP contribution in [0.15, 0.2) is 0 Å². The zero-order valence-electron chi connectivity index (χ0n) is 13.4. The van der Waals surface area contributed by atoms with Gasteiger partial charge in [0.15, 0.2) is 0 Å². The number of nitrogens with one attached hydrogen (secondary N) is 2. The largest absolute Gasteiger partial charge is 0.388 e. The first-order valence-corrected chi connectivity index (χ1v) is 8.54. The number of hydrogen-bond donors (Lipinski definition) is 3. The molecular weight excluding hydrogens is 266 g/mol. The quantitative estimate of drug-likeness (QED) is 0.724. The first-order valence-electron chi connectivity index (χ1n) is 8.54. The predicted molar refractivity (Wildman–Crippen MR) is 84.3 cm³/mol. The van der Waals surface area contributed by atoms with Gasteiger partial charge in [-0.1, -0.05) is 26.2 Å². The molecule has 5 nitrogen and oxygen atoms in total. The monoisotopic (exact) mass is 297 g/mol. The van der Waals surface area contributed by atoms with Crippen molar-refractivity contribution in [3.8, 4) is 0 Å². The van der Waals surface area contributed by atoms with Crippen LogP contribution in [-0.2, 0) is 0 Å². The molecule has 21 heavy (non-hydrogen) atoms. The van der Waals surface area contributed by atoms with E-state index in [1.54, 1.807) is 0 Å². The maximum absolute atomic E-state index is 11.8. The second-order valence-corrected chi connectivity index (χ2v) is 6.94. The van der Waals surface area contributed by atoms with Crippen molar-refractivity contribution >= 4 is 6.03 Å². The van der Waals surface area contributed by atoms with Crippen molar-refractivity contribution in [2.75, 3.05) is 32.7 Å². The van der Waals surface area contributed by atoms with Gasteiger partial charge in [-0.3, -0.25) is 0 Å². The number of carbonyl (C=O) groups excluding carboxylic acids is 1. The van der Waals surface area contributed by atoms with Gasteiger partial charge in [0.2, 0.25) is 0 Å². The molecule has 0 aromatic carbocycles. The van der Waals surface area contributed by atoms with Gasteiger partial charge in [-0.05, 0) is 38.1 Å². The lowest BCUT2D eigenvalue weighted by atomic mass is 9.85. The number of aliphatic hydroxyl groups is 1. The Hall–Kier alpha value is -0.810. The molecule has 1 heterocycles. The Labute approximate surface area is 128 Å². The molecule has 0 bridgehead atoms. The smallest absolute Gasteiger partial charge is 0.314 e. The number of hydrogen-bond acceptors (Lipinski definition) is 3. The topological polar surface area (TPSA) is 64.6 Å². The Morgan fingerprint density at radius 1 is 1.24 bits per heavy atom. The highest BCUT2D eigenvalue weighted by atomic mass is 16.3. The number of carbonyl (C=O) groups is 1. The zero-order chi connectivity index (χ0) is 15.1. The van der Waals surface area contributed by atoms with Crippen LogP contribution in [0.5, 0.6) is 0 Å². The van der Waals surface area contributed by atoms with Crippen molar-refractivity contribution in [2.24, 2.45) is 5.92 Å². The summed E-state index contributed by atoms with van der Waals surface area (Å²) in [6.07, 6.45) is 7.52. The highest BCUT2D eigenvalue weighted by Crippen LogP contribution is 2.27. The normalized spacial score (nSPS) is 26.3. The van der Waals surface area contributed by atoms with Crippen molar-refractivity contribution in [2.45, 2.75) is 57.5 Å². The molecule has 122 valence electrons. The van der Waals surface area contributed by atoms with E-state index in [1.807, 2.05) is 0 Å². The lowest BCUT2D eigenvalue weighted by molar-refractivity contribution is 0.00718. The van der Waals surface area contributed by atoms with E-state index in [2.05, 4.69) is 22.5 Å². The number of likely N-dealkylation sites (tertiary alicyclic amines) is 1. The van der Waals surface area contributed by atoms with E-state index in [0.717, 1.165) is 51.2 Å². The molecule has 5 heteroatoms. The third-order valence-corrected chi connectivity index (χ3v) is 4.82. The maximum Gasteiger partial charge on any atom is 0.314 e. The van der Waals surface area contributed by atoms with Gasteiger partial charge in [-0.2, -0.15) is 0 Å². The summed E-state index contributed by atoms with van der Waals surface area (Å²) in [6.45, 7) is 6.55. The molecule has 3 N–H and O–H groups in total. The van der Waals surface area contributed by atoms with Gasteiger partial charge in [0.25, 0.3) is 0 Å². The summed E-state index contributed by atoms with van der Waals surface area (Å²) in [5.41, 5.74) is -0.683. The van der Waals surface area contributed by atoms with E-state index in [0.29, 0.717) is 13.1 Å². The van der Waals surface area contributed by atoms with E-state index in [1.165, 1.54) is 19.3 Å². The van der Waals surface area contributed by atoms with Gasteiger partial charge >= 0.3 is 6.03 Å². The molecule has 1 aliphatic heterocycles. The molecule has 1 unspecified atom stereocenters. The van der Waals surface area contributed by atoms with Crippen molar-refractivity contribution in [3.63, 3.8) is 0 Å². The van der Waals surface area contributed by atoms with Gasteiger partial charge in [0, 0.05) is 26.2 Å². The first-order chi connectivity index (χ1) is 10.1. The SMILES string of the molecule is CC1CCCN(CCNC(=O)NCC2(O)CCCCC2)C1. The van der Waals surface area contributed by atoms with Crippen LogP contribution in [0.2, 0.25) is 0 Å². The van der Waals surface area contributed by atoms with E-state index >= 15 is 0 Å². The number of urea groups is 1. The third-order valence-electron chi connectivity index (χ3n) is 4.82. The first kappa shape index (κ1) is 16.6. The number of rotatable bonds is 5. The second kappa shape index (κ2) is 7.99. The molecule has 1 aliphatic carbocycles. The van der Waals surface area contributed by atoms with Crippen LogP contribution in [0.4, 0.5) is 4.79 Å². The molecule has 1 atom stereocenters. The van der Waals surface area contributed by atoms with E-state index in [9.17, 15) is 9.90 Å². The Kier molecular flexibility index (Phi) is 6.30. The minimum atomic E-state index is -0.683. The summed E-state index contributed by atoms with van der Waals surface area (Å²) in [5, 5.41) is 16.0. The Bertz CT molecular complexity index is 329. The molecule has 1 saturated heterocycles. The van der Waals surface area contributed by atoms with Gasteiger partial charge in [-0.15, -0.1) is 0 Å². The van der Waals surface area contributed by atoms with E-state index in [4.69, 9.17) is 0 Å². The predicted octanol–water partition coefficient (Wildman–Crippen LogP) is 1.71. The van der Waals surface area contributed by atoms with Gasteiger partial charge < -0.3 is 20.6 Å². The minimum Gasteiger partial charge on any atom is -0.388 e. The standard InChI is InChI=1S/C16H31N3O2/c1-14-6-5-10-19(12-14)11-9-17-15(20)18-13-16(21)7-3-2-4-8-16/h14,21H,2-13H2,1H3,(H2,17,18,20). The van der Waals surface area contributed by atoms with Crippen LogP contribution in [0, 0.1) is 5.92 Å². The lowest BCUT2D eigenvalue weighted by Gasteiger charge is -2.32. The summed E-state index contributed by atoms with van der Waals surface area (Å²) in [4.78, 5) is 14.2. The minimum absolute atomic E-state index is 0.154. The molecular formula is C16H31N3O2. The van der Waals surface area contributed by atoms with Crippen LogP contribution in [0.3, 0.4) is 0 Å². The number of piperidine rings is 1. The molecule has 1 saturated carbocycles. The Balaban J connectivity index is 1.57. The summed E-state index contributed by atoms with van der Waals surface area (Å²) in [6, 6.07) is -0.154. The van der Waals surface area contributed by atoms with E-state index < -0.39 is 5.60 Å². The summed E-state index contributed by atoms with van der Waals surface area (Å²) in [7, 11) is 0. The summed E-state index contributed by atoms with van der Waals surface area (Å²) < 4.78 is 0. The molecule has 2 fully saturated rings. The highest BCUT2D eigenvalue weighted by molar-refractivity contribution is 5.73. The maximum atomic E-state index is 11.8. The fraction of sp³-hybridized carbons (Fsp3) is 0.938. The fourth-order valence-electron chi connectivity index (χ4n) is 3.51. The molecule has 0 aromatic rings. The average Bonchev–Trinajstić information content (AvgIpc) is 2.46. The van der Waals surface area contributed by atoms with Crippen LogP contribution in [0.25, 0.3) is 0 Å². The van der Waals surface area contributed by atoms with Crippen LogP contribution in [-0.4, -0.2) is 54.4 Å². The van der Waals surface area contributed by atoms with Crippen molar-refractivity contribution in [1.82, 2.24) is 15.5 Å². The van der Waals surface area contributed by atoms with Crippen molar-refractivity contribution in [1.29, 1.82) is 0 Å². The Morgan fingerprint density at radius 2 is 2.00 bits per heavy atom. The van der Waals surface area contributed by atoms with E-state index in [-0.39, 0.29) is 6.03 Å². The van der Waals surface area contributed by atoms with Crippen LogP contribution >= 0.6 is 0 Å². The molecule has 0 radical (unpaired) electrons. The second-order valence-electron chi connectivity index (χ2n) is 6.94. The lowest BCUT2D eigenvalue weighted by Crippen LogP contribution is -2.48. The van der Waals surface area contributed by atoms with Gasteiger partial charge in [0.1, 0.15) is 0 Å². The number of nitrogens with zero attached hydrogens (tertiary/aromatic N) is 1. The average molecular weight is 297 g/mol. The van der Waals surface area contributed by atoms with Gasteiger partial charge in [-0.25, -0.2) is 4.79 Å². The zero-order valence-corrected chi connectivity index (χ0v) is 13.4.